The van der Waals surface area contributed by atoms with Crippen LogP contribution < -0.4 is 10.2 Å². The Labute approximate surface area is 103 Å². The molecule has 0 amide bonds. The lowest BCUT2D eigenvalue weighted by Gasteiger charge is -2.26. The number of pyridine rings is 1. The predicted molar refractivity (Wildman–Crippen MR) is 70.3 cm³/mol. The first kappa shape index (κ1) is 11.0. The maximum Gasteiger partial charge on any atom is 0.0553 e. The number of rotatable bonds is 1. The molecule has 17 heavy (non-hydrogen) atoms. The van der Waals surface area contributed by atoms with Gasteiger partial charge in [0.15, 0.2) is 0 Å². The summed E-state index contributed by atoms with van der Waals surface area (Å²) >= 11 is 0. The fourth-order valence-electron chi connectivity index (χ4n) is 3.14. The summed E-state index contributed by atoms with van der Waals surface area (Å²) in [5.74, 6) is 0.901. The Balaban J connectivity index is 1.76. The molecule has 92 valence electrons. The molecule has 0 saturated carbocycles. The number of hydrogen-bond acceptors (Lipinski definition) is 3. The largest absolute Gasteiger partial charge is 0.369 e. The van der Waals surface area contributed by atoms with Crippen LogP contribution >= 0.6 is 0 Å². The first-order valence-electron chi connectivity index (χ1n) is 6.74. The second-order valence-electron chi connectivity index (χ2n) is 5.36. The Morgan fingerprint density at radius 1 is 1.35 bits per heavy atom. The van der Waals surface area contributed by atoms with Gasteiger partial charge in [-0.05, 0) is 50.8 Å². The van der Waals surface area contributed by atoms with Gasteiger partial charge < -0.3 is 10.2 Å². The van der Waals surface area contributed by atoms with Crippen molar-refractivity contribution in [2.45, 2.75) is 32.2 Å². The van der Waals surface area contributed by atoms with Crippen molar-refractivity contribution in [2.75, 3.05) is 24.5 Å². The molecule has 0 spiro atoms. The Morgan fingerprint density at radius 3 is 3.12 bits per heavy atom. The topological polar surface area (TPSA) is 28.2 Å². The van der Waals surface area contributed by atoms with Gasteiger partial charge in [0.1, 0.15) is 0 Å². The number of nitrogens with zero attached hydrogens (tertiary/aromatic N) is 2. The van der Waals surface area contributed by atoms with Gasteiger partial charge >= 0.3 is 0 Å². The second kappa shape index (κ2) is 4.65. The van der Waals surface area contributed by atoms with E-state index in [4.69, 9.17) is 0 Å². The van der Waals surface area contributed by atoms with Gasteiger partial charge in [-0.15, -0.1) is 0 Å². The van der Waals surface area contributed by atoms with Crippen molar-refractivity contribution in [3.63, 3.8) is 0 Å². The quantitative estimate of drug-likeness (QED) is 0.801. The average molecular weight is 231 g/mol. The van der Waals surface area contributed by atoms with Gasteiger partial charge in [-0.2, -0.15) is 0 Å². The third-order valence-electron chi connectivity index (χ3n) is 4.17. The SMILES string of the molecule is Cc1ccc(N2CCC[C@@H]3CCN[C@@H]3C2)cn1. The van der Waals surface area contributed by atoms with E-state index in [0.717, 1.165) is 18.2 Å². The summed E-state index contributed by atoms with van der Waals surface area (Å²) < 4.78 is 0. The number of hydrogen-bond donors (Lipinski definition) is 1. The molecule has 0 aliphatic carbocycles. The van der Waals surface area contributed by atoms with Crippen molar-refractivity contribution < 1.29 is 0 Å². The van der Waals surface area contributed by atoms with Crippen LogP contribution in [-0.4, -0.2) is 30.7 Å². The number of nitrogens with one attached hydrogen (secondary N) is 1. The molecule has 2 saturated heterocycles. The van der Waals surface area contributed by atoms with Gasteiger partial charge in [-0.3, -0.25) is 4.98 Å². The zero-order chi connectivity index (χ0) is 11.7. The van der Waals surface area contributed by atoms with E-state index in [1.807, 2.05) is 13.1 Å². The van der Waals surface area contributed by atoms with Gasteiger partial charge in [-0.1, -0.05) is 0 Å². The highest BCUT2D eigenvalue weighted by Crippen LogP contribution is 2.27. The molecule has 0 bridgehead atoms. The van der Waals surface area contributed by atoms with Crippen molar-refractivity contribution >= 4 is 5.69 Å². The highest BCUT2D eigenvalue weighted by Gasteiger charge is 2.30. The second-order valence-corrected chi connectivity index (χ2v) is 5.36. The van der Waals surface area contributed by atoms with Gasteiger partial charge in [-0.25, -0.2) is 0 Å². The zero-order valence-electron chi connectivity index (χ0n) is 10.5. The molecular formula is C14H21N3. The summed E-state index contributed by atoms with van der Waals surface area (Å²) in [6, 6.07) is 5.01. The summed E-state index contributed by atoms with van der Waals surface area (Å²) in [6.07, 6.45) is 6.08. The predicted octanol–water partition coefficient (Wildman–Crippen LogP) is 1.97. The van der Waals surface area contributed by atoms with Crippen LogP contribution in [-0.2, 0) is 0 Å². The van der Waals surface area contributed by atoms with Gasteiger partial charge in [0, 0.05) is 24.8 Å². The van der Waals surface area contributed by atoms with Crippen molar-refractivity contribution in [2.24, 2.45) is 5.92 Å². The molecule has 2 aliphatic rings. The summed E-state index contributed by atoms with van der Waals surface area (Å²) in [4.78, 5) is 6.90. The van der Waals surface area contributed by atoms with E-state index in [9.17, 15) is 0 Å². The van der Waals surface area contributed by atoms with Crippen molar-refractivity contribution in [3.05, 3.63) is 24.0 Å². The van der Waals surface area contributed by atoms with Crippen molar-refractivity contribution in [3.8, 4) is 0 Å². The molecule has 1 aromatic rings. The summed E-state index contributed by atoms with van der Waals surface area (Å²) in [5, 5.41) is 3.65. The number of anilines is 1. The minimum Gasteiger partial charge on any atom is -0.369 e. The van der Waals surface area contributed by atoms with Crippen LogP contribution in [0.4, 0.5) is 5.69 Å². The Morgan fingerprint density at radius 2 is 2.29 bits per heavy atom. The van der Waals surface area contributed by atoms with E-state index < -0.39 is 0 Å². The maximum atomic E-state index is 4.41. The van der Waals surface area contributed by atoms with E-state index in [-0.39, 0.29) is 0 Å². The Kier molecular flexibility index (Phi) is 3.02. The zero-order valence-corrected chi connectivity index (χ0v) is 10.5. The van der Waals surface area contributed by atoms with Crippen LogP contribution in [0.25, 0.3) is 0 Å². The number of fused-ring (bicyclic) bond motifs is 1. The smallest absolute Gasteiger partial charge is 0.0553 e. The standard InChI is InChI=1S/C14H21N3/c1-11-4-5-13(9-16-11)17-8-2-3-12-6-7-15-14(12)10-17/h4-5,9,12,14-15H,2-3,6-8,10H2,1H3/t12-,14-/m1/s1. The van der Waals surface area contributed by atoms with Crippen molar-refractivity contribution in [1.29, 1.82) is 0 Å². The van der Waals surface area contributed by atoms with E-state index in [1.54, 1.807) is 0 Å². The number of aromatic nitrogens is 1. The lowest BCUT2D eigenvalue weighted by molar-refractivity contribution is 0.445. The lowest BCUT2D eigenvalue weighted by atomic mass is 9.97. The van der Waals surface area contributed by atoms with Crippen molar-refractivity contribution in [1.82, 2.24) is 10.3 Å². The molecule has 2 atom stereocenters. The van der Waals surface area contributed by atoms with E-state index in [0.29, 0.717) is 6.04 Å². The highest BCUT2D eigenvalue weighted by atomic mass is 15.2. The molecule has 1 aromatic heterocycles. The first-order chi connectivity index (χ1) is 8.33. The minimum absolute atomic E-state index is 0.693. The number of aryl methyl sites for hydroxylation is 1. The van der Waals surface area contributed by atoms with E-state index >= 15 is 0 Å². The van der Waals surface area contributed by atoms with Gasteiger partial charge in [0.2, 0.25) is 0 Å². The third kappa shape index (κ3) is 2.29. The van der Waals surface area contributed by atoms with Gasteiger partial charge in [0.25, 0.3) is 0 Å². The molecule has 3 nitrogen and oxygen atoms in total. The molecule has 3 heterocycles. The average Bonchev–Trinajstić information content (AvgIpc) is 2.68. The Bertz CT molecular complexity index is 374. The van der Waals surface area contributed by atoms with Crippen LogP contribution in [0.2, 0.25) is 0 Å². The van der Waals surface area contributed by atoms with E-state index in [1.165, 1.54) is 38.0 Å². The molecular weight excluding hydrogens is 210 g/mol. The highest BCUT2D eigenvalue weighted by molar-refractivity contribution is 5.45. The fraction of sp³-hybridized carbons (Fsp3) is 0.643. The first-order valence-corrected chi connectivity index (χ1v) is 6.74. The van der Waals surface area contributed by atoms with Crippen LogP contribution in [0.1, 0.15) is 25.0 Å². The van der Waals surface area contributed by atoms with Gasteiger partial charge in [0.05, 0.1) is 11.9 Å². The lowest BCUT2D eigenvalue weighted by Crippen LogP contribution is -2.38. The molecule has 3 heteroatoms. The summed E-state index contributed by atoms with van der Waals surface area (Å²) in [6.45, 7) is 5.57. The fourth-order valence-corrected chi connectivity index (χ4v) is 3.14. The molecule has 2 fully saturated rings. The van der Waals surface area contributed by atoms with E-state index in [2.05, 4.69) is 27.3 Å². The minimum atomic E-state index is 0.693. The third-order valence-corrected chi connectivity index (χ3v) is 4.17. The van der Waals surface area contributed by atoms with Crippen LogP contribution in [0.5, 0.6) is 0 Å². The molecule has 1 N–H and O–H groups in total. The molecule has 0 radical (unpaired) electrons. The van der Waals surface area contributed by atoms with Crippen LogP contribution in [0.3, 0.4) is 0 Å². The monoisotopic (exact) mass is 231 g/mol. The van der Waals surface area contributed by atoms with Crippen LogP contribution in [0, 0.1) is 12.8 Å². The molecule has 0 unspecified atom stereocenters. The Hall–Kier alpha value is -1.09. The molecule has 0 aromatic carbocycles. The molecule has 3 rings (SSSR count). The molecule has 2 aliphatic heterocycles. The summed E-state index contributed by atoms with van der Waals surface area (Å²) in [7, 11) is 0. The normalized spacial score (nSPS) is 28.9. The maximum absolute atomic E-state index is 4.41. The summed E-state index contributed by atoms with van der Waals surface area (Å²) in [5.41, 5.74) is 2.38. The van der Waals surface area contributed by atoms with Crippen LogP contribution in [0.15, 0.2) is 18.3 Å².